The Morgan fingerprint density at radius 2 is 1.64 bits per heavy atom. The van der Waals surface area contributed by atoms with E-state index in [0.29, 0.717) is 0 Å². The maximum atomic E-state index is 3.66. The van der Waals surface area contributed by atoms with Crippen molar-refractivity contribution in [3.8, 4) is 0 Å². The predicted molar refractivity (Wildman–Crippen MR) is 100 cm³/mol. The van der Waals surface area contributed by atoms with E-state index in [0.717, 1.165) is 23.7 Å². The zero-order valence-electron chi connectivity index (χ0n) is 16.0. The molecule has 0 bridgehead atoms. The van der Waals surface area contributed by atoms with Crippen LogP contribution in [-0.2, 0) is 0 Å². The van der Waals surface area contributed by atoms with Gasteiger partial charge in [-0.15, -0.1) is 0 Å². The highest BCUT2D eigenvalue weighted by molar-refractivity contribution is 4.72. The molecule has 1 rings (SSSR count). The molecule has 3 atom stereocenters. The Balaban J connectivity index is 2.45. The van der Waals surface area contributed by atoms with Gasteiger partial charge in [-0.1, -0.05) is 66.2 Å². The molecule has 1 aliphatic heterocycles. The van der Waals surface area contributed by atoms with E-state index in [1.165, 1.54) is 83.7 Å². The van der Waals surface area contributed by atoms with Crippen LogP contribution in [0.4, 0.5) is 0 Å². The van der Waals surface area contributed by atoms with Crippen LogP contribution >= 0.6 is 0 Å². The SMILES string of the molecule is CCCC1CCCNCCCC(C(C)CCCC(C)C)CC1. The molecule has 1 aliphatic rings. The second-order valence-electron chi connectivity index (χ2n) is 8.33. The Labute approximate surface area is 141 Å². The van der Waals surface area contributed by atoms with Crippen LogP contribution in [-0.4, -0.2) is 13.1 Å². The summed E-state index contributed by atoms with van der Waals surface area (Å²) in [5.74, 6) is 3.78. The van der Waals surface area contributed by atoms with Crippen molar-refractivity contribution in [2.24, 2.45) is 23.7 Å². The van der Waals surface area contributed by atoms with Crippen molar-refractivity contribution in [3.63, 3.8) is 0 Å². The zero-order chi connectivity index (χ0) is 16.2. The molecule has 0 spiro atoms. The molecule has 0 aliphatic carbocycles. The summed E-state index contributed by atoms with van der Waals surface area (Å²) < 4.78 is 0. The van der Waals surface area contributed by atoms with E-state index in [2.05, 4.69) is 33.0 Å². The second-order valence-corrected chi connectivity index (χ2v) is 8.33. The first-order chi connectivity index (χ1) is 10.6. The van der Waals surface area contributed by atoms with E-state index in [4.69, 9.17) is 0 Å². The second kappa shape index (κ2) is 12.4. The average molecular weight is 310 g/mol. The van der Waals surface area contributed by atoms with Gasteiger partial charge in [-0.25, -0.2) is 0 Å². The summed E-state index contributed by atoms with van der Waals surface area (Å²) in [5, 5.41) is 3.66. The van der Waals surface area contributed by atoms with E-state index in [1.807, 2.05) is 0 Å². The molecular formula is C21H43N. The van der Waals surface area contributed by atoms with Gasteiger partial charge in [0.25, 0.3) is 0 Å². The lowest BCUT2D eigenvalue weighted by Gasteiger charge is -2.26. The van der Waals surface area contributed by atoms with Crippen molar-refractivity contribution in [2.45, 2.75) is 98.3 Å². The molecule has 1 saturated heterocycles. The molecule has 1 N–H and O–H groups in total. The summed E-state index contributed by atoms with van der Waals surface area (Å²) in [4.78, 5) is 0. The van der Waals surface area contributed by atoms with Crippen LogP contribution in [0.3, 0.4) is 0 Å². The highest BCUT2D eigenvalue weighted by Crippen LogP contribution is 2.31. The van der Waals surface area contributed by atoms with Gasteiger partial charge in [-0.05, 0) is 68.9 Å². The minimum Gasteiger partial charge on any atom is -0.317 e. The third-order valence-electron chi connectivity index (χ3n) is 5.78. The van der Waals surface area contributed by atoms with Crippen LogP contribution in [0, 0.1) is 23.7 Å². The fraction of sp³-hybridized carbons (Fsp3) is 1.00. The Morgan fingerprint density at radius 3 is 2.32 bits per heavy atom. The quantitative estimate of drug-likeness (QED) is 0.571. The molecule has 22 heavy (non-hydrogen) atoms. The number of nitrogens with one attached hydrogen (secondary N) is 1. The maximum Gasteiger partial charge on any atom is -0.00488 e. The zero-order valence-corrected chi connectivity index (χ0v) is 16.0. The van der Waals surface area contributed by atoms with Crippen LogP contribution in [0.5, 0.6) is 0 Å². The maximum absolute atomic E-state index is 3.66. The highest BCUT2D eigenvalue weighted by atomic mass is 14.8. The molecule has 132 valence electrons. The van der Waals surface area contributed by atoms with Crippen LogP contribution in [0.25, 0.3) is 0 Å². The molecular weight excluding hydrogens is 266 g/mol. The topological polar surface area (TPSA) is 12.0 Å². The molecule has 0 saturated carbocycles. The lowest BCUT2D eigenvalue weighted by Crippen LogP contribution is -2.18. The minimum atomic E-state index is 0.873. The van der Waals surface area contributed by atoms with Gasteiger partial charge in [0.15, 0.2) is 0 Å². The van der Waals surface area contributed by atoms with Gasteiger partial charge in [0.05, 0.1) is 0 Å². The molecule has 0 aromatic heterocycles. The van der Waals surface area contributed by atoms with E-state index < -0.39 is 0 Å². The number of rotatable bonds is 7. The van der Waals surface area contributed by atoms with Crippen molar-refractivity contribution in [1.29, 1.82) is 0 Å². The molecule has 0 aromatic carbocycles. The first-order valence-electron chi connectivity index (χ1n) is 10.3. The molecule has 1 fully saturated rings. The van der Waals surface area contributed by atoms with Crippen LogP contribution in [0.1, 0.15) is 98.3 Å². The fourth-order valence-electron chi connectivity index (χ4n) is 4.22. The van der Waals surface area contributed by atoms with Gasteiger partial charge in [-0.3, -0.25) is 0 Å². The van der Waals surface area contributed by atoms with Gasteiger partial charge in [0.1, 0.15) is 0 Å². The molecule has 1 nitrogen and oxygen atoms in total. The summed E-state index contributed by atoms with van der Waals surface area (Å²) in [6, 6.07) is 0. The van der Waals surface area contributed by atoms with Crippen molar-refractivity contribution in [2.75, 3.05) is 13.1 Å². The monoisotopic (exact) mass is 309 g/mol. The van der Waals surface area contributed by atoms with E-state index >= 15 is 0 Å². The summed E-state index contributed by atoms with van der Waals surface area (Å²) in [7, 11) is 0. The van der Waals surface area contributed by atoms with Gasteiger partial charge in [-0.2, -0.15) is 0 Å². The Hall–Kier alpha value is -0.0400. The molecule has 0 radical (unpaired) electrons. The van der Waals surface area contributed by atoms with Crippen LogP contribution in [0.15, 0.2) is 0 Å². The summed E-state index contributed by atoms with van der Waals surface area (Å²) in [6.45, 7) is 12.1. The molecule has 1 heteroatoms. The van der Waals surface area contributed by atoms with Crippen molar-refractivity contribution in [3.05, 3.63) is 0 Å². The Morgan fingerprint density at radius 1 is 0.909 bits per heavy atom. The molecule has 0 aromatic rings. The smallest absolute Gasteiger partial charge is 0.00488 e. The predicted octanol–water partition coefficient (Wildman–Crippen LogP) is 6.43. The molecule has 0 amide bonds. The number of hydrogen-bond donors (Lipinski definition) is 1. The standard InChI is InChI=1S/C21H43N/c1-5-9-20-12-7-16-22-17-8-13-21(15-14-20)19(4)11-6-10-18(2)3/h18-22H,5-17H2,1-4H3. The van der Waals surface area contributed by atoms with Crippen molar-refractivity contribution < 1.29 is 0 Å². The Kier molecular flexibility index (Phi) is 11.3. The highest BCUT2D eigenvalue weighted by Gasteiger charge is 2.19. The van der Waals surface area contributed by atoms with Crippen LogP contribution < -0.4 is 5.32 Å². The molecule has 3 unspecified atom stereocenters. The van der Waals surface area contributed by atoms with Gasteiger partial charge >= 0.3 is 0 Å². The first-order valence-corrected chi connectivity index (χ1v) is 10.3. The third kappa shape index (κ3) is 9.18. The lowest BCUT2D eigenvalue weighted by molar-refractivity contribution is 0.256. The van der Waals surface area contributed by atoms with E-state index in [-0.39, 0.29) is 0 Å². The van der Waals surface area contributed by atoms with Gasteiger partial charge < -0.3 is 5.32 Å². The average Bonchev–Trinajstić information content (AvgIpc) is 2.52. The molecule has 1 heterocycles. The normalized spacial score (nSPS) is 26.6. The van der Waals surface area contributed by atoms with Crippen molar-refractivity contribution in [1.82, 2.24) is 5.32 Å². The summed E-state index contributed by atoms with van der Waals surface area (Å²) >= 11 is 0. The fourth-order valence-corrected chi connectivity index (χ4v) is 4.22. The first kappa shape index (κ1) is 20.0. The Bertz CT molecular complexity index is 248. The van der Waals surface area contributed by atoms with Gasteiger partial charge in [0, 0.05) is 0 Å². The van der Waals surface area contributed by atoms with Gasteiger partial charge in [0.2, 0.25) is 0 Å². The van der Waals surface area contributed by atoms with Crippen molar-refractivity contribution >= 4 is 0 Å². The van der Waals surface area contributed by atoms with Crippen LogP contribution in [0.2, 0.25) is 0 Å². The minimum absolute atomic E-state index is 0.873. The lowest BCUT2D eigenvalue weighted by atomic mass is 9.80. The summed E-state index contributed by atoms with van der Waals surface area (Å²) in [5.41, 5.74) is 0. The third-order valence-corrected chi connectivity index (χ3v) is 5.78. The van der Waals surface area contributed by atoms with E-state index in [9.17, 15) is 0 Å². The number of hydrogen-bond acceptors (Lipinski definition) is 1. The largest absolute Gasteiger partial charge is 0.317 e. The summed E-state index contributed by atoms with van der Waals surface area (Å²) in [6.07, 6.45) is 15.8. The van der Waals surface area contributed by atoms with E-state index in [1.54, 1.807) is 0 Å².